The summed E-state index contributed by atoms with van der Waals surface area (Å²) in [6, 6.07) is 4.41. The molecule has 2 amide bonds. The van der Waals surface area contributed by atoms with Gasteiger partial charge in [0, 0.05) is 16.7 Å². The van der Waals surface area contributed by atoms with Crippen LogP contribution >= 0.6 is 15.9 Å². The first-order chi connectivity index (χ1) is 9.97. The van der Waals surface area contributed by atoms with Gasteiger partial charge in [0.15, 0.2) is 0 Å². The summed E-state index contributed by atoms with van der Waals surface area (Å²) in [6.07, 6.45) is 3.61. The lowest BCUT2D eigenvalue weighted by atomic mass is 9.98. The van der Waals surface area contributed by atoms with E-state index in [-0.39, 0.29) is 11.6 Å². The molecule has 114 valence electrons. The fourth-order valence-corrected chi connectivity index (χ4v) is 3.11. The van der Waals surface area contributed by atoms with Crippen LogP contribution in [0.2, 0.25) is 0 Å². The average Bonchev–Trinajstić information content (AvgIpc) is 2.84. The number of amides is 2. The van der Waals surface area contributed by atoms with Gasteiger partial charge in [-0.3, -0.25) is 0 Å². The fraction of sp³-hybridized carbons (Fsp3) is 0.467. The summed E-state index contributed by atoms with van der Waals surface area (Å²) >= 11 is 3.17. The second kappa shape index (κ2) is 6.93. The number of halogens is 1. The van der Waals surface area contributed by atoms with Crippen LogP contribution in [0.4, 0.5) is 10.5 Å². The van der Waals surface area contributed by atoms with Gasteiger partial charge in [-0.2, -0.15) is 0 Å². The SMILES string of the molecule is CC1CCCC1CNC(=O)Nc1ccc(Br)c(C(=O)O)c1. The lowest BCUT2D eigenvalue weighted by molar-refractivity contribution is 0.0696. The Morgan fingerprint density at radius 3 is 2.76 bits per heavy atom. The van der Waals surface area contributed by atoms with Gasteiger partial charge >= 0.3 is 12.0 Å². The van der Waals surface area contributed by atoms with Gasteiger partial charge in [0.2, 0.25) is 0 Å². The molecule has 6 heteroatoms. The Kier molecular flexibility index (Phi) is 5.22. The molecule has 2 rings (SSSR count). The van der Waals surface area contributed by atoms with Crippen molar-refractivity contribution in [3.63, 3.8) is 0 Å². The number of carbonyl (C=O) groups excluding carboxylic acids is 1. The fourth-order valence-electron chi connectivity index (χ4n) is 2.69. The molecule has 21 heavy (non-hydrogen) atoms. The van der Waals surface area contributed by atoms with Crippen molar-refractivity contribution < 1.29 is 14.7 Å². The topological polar surface area (TPSA) is 78.4 Å². The highest BCUT2D eigenvalue weighted by molar-refractivity contribution is 9.10. The normalized spacial score (nSPS) is 21.0. The molecule has 0 bridgehead atoms. The third-order valence-corrected chi connectivity index (χ3v) is 4.71. The van der Waals surface area contributed by atoms with Crippen molar-refractivity contribution >= 4 is 33.6 Å². The van der Waals surface area contributed by atoms with Crippen LogP contribution in [0.1, 0.15) is 36.5 Å². The van der Waals surface area contributed by atoms with E-state index in [2.05, 4.69) is 33.5 Å². The molecule has 0 aromatic heterocycles. The highest BCUT2D eigenvalue weighted by atomic mass is 79.9. The molecule has 1 aromatic carbocycles. The number of benzene rings is 1. The van der Waals surface area contributed by atoms with Gasteiger partial charge in [-0.05, 0) is 52.4 Å². The van der Waals surface area contributed by atoms with Crippen molar-refractivity contribution in [2.75, 3.05) is 11.9 Å². The number of aromatic carboxylic acids is 1. The third-order valence-electron chi connectivity index (χ3n) is 4.02. The van der Waals surface area contributed by atoms with Gasteiger partial charge in [-0.15, -0.1) is 0 Å². The Morgan fingerprint density at radius 1 is 1.38 bits per heavy atom. The summed E-state index contributed by atoms with van der Waals surface area (Å²) in [6.45, 7) is 2.88. The molecule has 0 spiro atoms. The highest BCUT2D eigenvalue weighted by Gasteiger charge is 2.23. The number of carbonyl (C=O) groups is 2. The zero-order valence-corrected chi connectivity index (χ0v) is 13.4. The van der Waals surface area contributed by atoms with Crippen molar-refractivity contribution in [2.45, 2.75) is 26.2 Å². The Balaban J connectivity index is 1.90. The zero-order chi connectivity index (χ0) is 15.4. The number of rotatable bonds is 4. The first-order valence-electron chi connectivity index (χ1n) is 7.05. The van der Waals surface area contributed by atoms with E-state index in [1.165, 1.54) is 18.9 Å². The molecule has 1 fully saturated rings. The lowest BCUT2D eigenvalue weighted by Gasteiger charge is -2.16. The van der Waals surface area contributed by atoms with E-state index in [1.54, 1.807) is 12.1 Å². The van der Waals surface area contributed by atoms with E-state index in [0.717, 1.165) is 6.42 Å². The predicted molar refractivity (Wildman–Crippen MR) is 84.6 cm³/mol. The molecule has 1 saturated carbocycles. The molecule has 0 radical (unpaired) electrons. The number of urea groups is 1. The van der Waals surface area contributed by atoms with Crippen LogP contribution in [-0.2, 0) is 0 Å². The van der Waals surface area contributed by atoms with Gasteiger partial charge in [0.1, 0.15) is 0 Å². The molecular formula is C15H19BrN2O3. The largest absolute Gasteiger partial charge is 0.478 e. The first kappa shape index (κ1) is 15.8. The van der Waals surface area contributed by atoms with Crippen LogP contribution in [0.15, 0.2) is 22.7 Å². The van der Waals surface area contributed by atoms with Crippen molar-refractivity contribution in [1.29, 1.82) is 0 Å². The van der Waals surface area contributed by atoms with Gasteiger partial charge in [0.05, 0.1) is 5.56 Å². The van der Waals surface area contributed by atoms with Crippen LogP contribution in [0, 0.1) is 11.8 Å². The summed E-state index contributed by atoms with van der Waals surface area (Å²) in [7, 11) is 0. The number of carboxylic acid groups (broad SMARTS) is 1. The zero-order valence-electron chi connectivity index (χ0n) is 11.9. The number of hydrogen-bond acceptors (Lipinski definition) is 2. The lowest BCUT2D eigenvalue weighted by Crippen LogP contribution is -2.33. The summed E-state index contributed by atoms with van der Waals surface area (Å²) in [4.78, 5) is 22.9. The molecular weight excluding hydrogens is 336 g/mol. The van der Waals surface area contributed by atoms with Gasteiger partial charge < -0.3 is 15.7 Å². The maximum Gasteiger partial charge on any atom is 0.336 e. The van der Waals surface area contributed by atoms with Crippen molar-refractivity contribution in [2.24, 2.45) is 11.8 Å². The van der Waals surface area contributed by atoms with Gasteiger partial charge in [-0.1, -0.05) is 19.8 Å². The Bertz CT molecular complexity index is 548. The molecule has 5 nitrogen and oxygen atoms in total. The van der Waals surface area contributed by atoms with Crippen LogP contribution in [0.5, 0.6) is 0 Å². The number of hydrogen-bond donors (Lipinski definition) is 3. The molecule has 2 atom stereocenters. The number of anilines is 1. The molecule has 1 aliphatic rings. The minimum atomic E-state index is -1.04. The van der Waals surface area contributed by atoms with Crippen molar-refractivity contribution in [3.05, 3.63) is 28.2 Å². The standard InChI is InChI=1S/C15H19BrN2O3/c1-9-3-2-4-10(9)8-17-15(21)18-11-5-6-13(16)12(7-11)14(19)20/h5-7,9-10H,2-4,8H2,1H3,(H,19,20)(H2,17,18,21). The highest BCUT2D eigenvalue weighted by Crippen LogP contribution is 2.30. The first-order valence-corrected chi connectivity index (χ1v) is 7.84. The quantitative estimate of drug-likeness (QED) is 0.771. The molecule has 1 aromatic rings. The van der Waals surface area contributed by atoms with E-state index >= 15 is 0 Å². The van der Waals surface area contributed by atoms with E-state index in [0.29, 0.717) is 28.5 Å². The Labute approximate surface area is 132 Å². The van der Waals surface area contributed by atoms with Crippen LogP contribution in [-0.4, -0.2) is 23.7 Å². The van der Waals surface area contributed by atoms with Crippen molar-refractivity contribution in [3.8, 4) is 0 Å². The van der Waals surface area contributed by atoms with E-state index in [9.17, 15) is 9.59 Å². The van der Waals surface area contributed by atoms with Crippen molar-refractivity contribution in [1.82, 2.24) is 5.32 Å². The third kappa shape index (κ3) is 4.20. The van der Waals surface area contributed by atoms with Gasteiger partial charge in [-0.25, -0.2) is 9.59 Å². The predicted octanol–water partition coefficient (Wildman–Crippen LogP) is 3.71. The number of nitrogens with one attached hydrogen (secondary N) is 2. The average molecular weight is 355 g/mol. The molecule has 3 N–H and O–H groups in total. The second-order valence-electron chi connectivity index (χ2n) is 5.50. The van der Waals surface area contributed by atoms with Crippen LogP contribution < -0.4 is 10.6 Å². The summed E-state index contributed by atoms with van der Waals surface area (Å²) in [5.74, 6) is 0.151. The minimum absolute atomic E-state index is 0.122. The minimum Gasteiger partial charge on any atom is -0.478 e. The summed E-state index contributed by atoms with van der Waals surface area (Å²) in [5, 5.41) is 14.6. The number of carboxylic acids is 1. The summed E-state index contributed by atoms with van der Waals surface area (Å²) < 4.78 is 0.487. The smallest absolute Gasteiger partial charge is 0.336 e. The summed E-state index contributed by atoms with van der Waals surface area (Å²) in [5.41, 5.74) is 0.588. The van der Waals surface area contributed by atoms with E-state index in [1.807, 2.05) is 0 Å². The Morgan fingerprint density at radius 2 is 2.14 bits per heavy atom. The molecule has 2 unspecified atom stereocenters. The molecule has 0 saturated heterocycles. The van der Waals surface area contributed by atoms with Crippen LogP contribution in [0.3, 0.4) is 0 Å². The maximum atomic E-state index is 11.9. The molecule has 0 heterocycles. The molecule has 0 aliphatic heterocycles. The van der Waals surface area contributed by atoms with E-state index in [4.69, 9.17) is 5.11 Å². The molecule has 1 aliphatic carbocycles. The van der Waals surface area contributed by atoms with Crippen LogP contribution in [0.25, 0.3) is 0 Å². The maximum absolute atomic E-state index is 11.9. The Hall–Kier alpha value is -1.56. The second-order valence-corrected chi connectivity index (χ2v) is 6.36. The van der Waals surface area contributed by atoms with E-state index < -0.39 is 5.97 Å². The van der Waals surface area contributed by atoms with Gasteiger partial charge in [0.25, 0.3) is 0 Å². The monoisotopic (exact) mass is 354 g/mol.